The van der Waals surface area contributed by atoms with Gasteiger partial charge in [0, 0.05) is 17.5 Å². The molecule has 2 N–H and O–H groups in total. The van der Waals surface area contributed by atoms with Crippen LogP contribution in [0.4, 0.5) is 8.78 Å². The number of nitrogens with one attached hydrogen (secondary N) is 1. The van der Waals surface area contributed by atoms with E-state index in [9.17, 15) is 27.1 Å². The second kappa shape index (κ2) is 7.54. The van der Waals surface area contributed by atoms with Crippen molar-refractivity contribution >= 4 is 16.0 Å². The first kappa shape index (κ1) is 21.1. The van der Waals surface area contributed by atoms with Gasteiger partial charge in [-0.1, -0.05) is 54.5 Å². The summed E-state index contributed by atoms with van der Waals surface area (Å²) in [4.78, 5) is 11.9. The van der Waals surface area contributed by atoms with E-state index in [1.165, 1.54) is 24.3 Å². The van der Waals surface area contributed by atoms with Gasteiger partial charge < -0.3 is 9.63 Å². The lowest BCUT2D eigenvalue weighted by molar-refractivity contribution is -0.140. The molecule has 1 heterocycles. The maximum atomic E-state index is 12.9. The van der Waals surface area contributed by atoms with Crippen molar-refractivity contribution < 1.29 is 31.6 Å². The van der Waals surface area contributed by atoms with E-state index in [-0.39, 0.29) is 10.6 Å². The molecular formula is C21H18F2N2O5S. The van der Waals surface area contributed by atoms with Crippen LogP contribution in [0.3, 0.4) is 0 Å². The summed E-state index contributed by atoms with van der Waals surface area (Å²) in [5.74, 6) is -2.81. The van der Waals surface area contributed by atoms with Crippen LogP contribution >= 0.6 is 0 Å². The molecule has 1 saturated carbocycles. The van der Waals surface area contributed by atoms with Crippen LogP contribution < -0.4 is 4.72 Å². The number of halogens is 2. The highest BCUT2D eigenvalue weighted by atomic mass is 32.2. The maximum absolute atomic E-state index is 12.9. The van der Waals surface area contributed by atoms with E-state index in [1.807, 2.05) is 0 Å². The Kier molecular flexibility index (Phi) is 5.14. The Labute approximate surface area is 176 Å². The van der Waals surface area contributed by atoms with Crippen LogP contribution in [-0.4, -0.2) is 30.2 Å². The number of carbonyl (C=O) groups is 1. The predicted octanol–water partition coefficient (Wildman–Crippen LogP) is 3.81. The molecule has 1 aromatic heterocycles. The molecule has 1 aliphatic rings. The Morgan fingerprint density at radius 2 is 1.81 bits per heavy atom. The van der Waals surface area contributed by atoms with Crippen molar-refractivity contribution in [2.45, 2.75) is 29.7 Å². The largest absolute Gasteiger partial charge is 0.480 e. The number of hydrogen-bond acceptors (Lipinski definition) is 5. The molecule has 0 unspecified atom stereocenters. The third-order valence-corrected chi connectivity index (χ3v) is 7.12. The normalized spacial score (nSPS) is 23.1. The Morgan fingerprint density at radius 3 is 2.35 bits per heavy atom. The zero-order chi connectivity index (χ0) is 22.4. The molecule has 0 saturated heterocycles. The molecule has 1 fully saturated rings. The monoisotopic (exact) mass is 448 g/mol. The molecule has 162 valence electrons. The van der Waals surface area contributed by atoms with Crippen LogP contribution in [0.25, 0.3) is 11.3 Å². The van der Waals surface area contributed by atoms with Gasteiger partial charge in [0.2, 0.25) is 15.8 Å². The van der Waals surface area contributed by atoms with Crippen LogP contribution in [0.5, 0.6) is 0 Å². The van der Waals surface area contributed by atoms with Gasteiger partial charge in [-0.3, -0.25) is 4.79 Å². The smallest absolute Gasteiger partial charge is 0.325 e. The number of benzene rings is 2. The lowest BCUT2D eigenvalue weighted by atomic mass is 10.1. The van der Waals surface area contributed by atoms with Crippen molar-refractivity contribution in [1.29, 1.82) is 0 Å². The number of rotatable bonds is 7. The second-order valence-electron chi connectivity index (χ2n) is 7.40. The number of carboxylic acid groups (broad SMARTS) is 1. The molecule has 0 amide bonds. The highest BCUT2D eigenvalue weighted by Crippen LogP contribution is 2.58. The van der Waals surface area contributed by atoms with Gasteiger partial charge in [-0.2, -0.15) is 4.72 Å². The highest BCUT2D eigenvalue weighted by molar-refractivity contribution is 7.89. The van der Waals surface area contributed by atoms with Gasteiger partial charge >= 0.3 is 5.97 Å². The van der Waals surface area contributed by atoms with E-state index in [2.05, 4.69) is 14.4 Å². The van der Waals surface area contributed by atoms with Crippen molar-refractivity contribution in [3.05, 3.63) is 72.0 Å². The van der Waals surface area contributed by atoms with Gasteiger partial charge in [0.1, 0.15) is 11.2 Å². The summed E-state index contributed by atoms with van der Waals surface area (Å²) >= 11 is 0. The molecule has 0 aliphatic heterocycles. The summed E-state index contributed by atoms with van der Waals surface area (Å²) in [5.41, 5.74) is -0.410. The fourth-order valence-electron chi connectivity index (χ4n) is 3.92. The number of sulfonamides is 1. The second-order valence-corrected chi connectivity index (χ2v) is 9.08. The summed E-state index contributed by atoms with van der Waals surface area (Å²) in [6.07, 6.45) is -2.81. The molecular weight excluding hydrogens is 430 g/mol. The number of nitrogens with zero attached hydrogens (tertiary/aromatic N) is 1. The minimum absolute atomic E-state index is 0.133. The van der Waals surface area contributed by atoms with Crippen LogP contribution in [0.2, 0.25) is 0 Å². The van der Waals surface area contributed by atoms with Gasteiger partial charge in [0.15, 0.2) is 0 Å². The Hall–Kier alpha value is -3.11. The van der Waals surface area contributed by atoms with Gasteiger partial charge in [-0.15, -0.1) is 0 Å². The highest BCUT2D eigenvalue weighted by Gasteiger charge is 2.70. The summed E-state index contributed by atoms with van der Waals surface area (Å²) in [6, 6.07) is 15.2. The summed E-state index contributed by atoms with van der Waals surface area (Å²) in [5, 5.41) is 13.4. The van der Waals surface area contributed by atoms with E-state index >= 15 is 0 Å². The Balaban J connectivity index is 1.60. The molecule has 0 radical (unpaired) electrons. The van der Waals surface area contributed by atoms with E-state index in [4.69, 9.17) is 0 Å². The number of carboxylic acids is 1. The lowest BCUT2D eigenvalue weighted by Gasteiger charge is -2.16. The van der Waals surface area contributed by atoms with E-state index in [0.717, 1.165) is 11.6 Å². The lowest BCUT2D eigenvalue weighted by Crippen LogP contribution is -2.45. The van der Waals surface area contributed by atoms with Crippen LogP contribution in [0, 0.1) is 5.92 Å². The molecule has 2 aromatic carbocycles. The molecule has 1 aliphatic carbocycles. The minimum Gasteiger partial charge on any atom is -0.480 e. The third kappa shape index (κ3) is 3.61. The molecule has 0 spiro atoms. The first-order valence-electron chi connectivity index (χ1n) is 9.34. The summed E-state index contributed by atoms with van der Waals surface area (Å²) in [6.45, 7) is 1.68. The third-order valence-electron chi connectivity index (χ3n) is 5.62. The zero-order valence-corrected chi connectivity index (χ0v) is 17.0. The summed E-state index contributed by atoms with van der Waals surface area (Å²) < 4.78 is 58.1. The first-order chi connectivity index (χ1) is 14.7. The van der Waals surface area contributed by atoms with Crippen LogP contribution in [0.1, 0.15) is 30.6 Å². The number of alkyl halides is 2. The number of aromatic nitrogens is 1. The zero-order valence-electron chi connectivity index (χ0n) is 16.2. The SMILES string of the molecule is C[C@@H]1[C@H](c2ccccc2)[C@]1(NS(=O)(=O)c1ccc(-c2cc(C(F)F)on2)cc1)C(=O)O. The predicted molar refractivity (Wildman–Crippen MR) is 106 cm³/mol. The average Bonchev–Trinajstić information content (AvgIpc) is 3.10. The van der Waals surface area contributed by atoms with Crippen LogP contribution in [-0.2, 0) is 14.8 Å². The quantitative estimate of drug-likeness (QED) is 0.569. The first-order valence-corrected chi connectivity index (χ1v) is 10.8. The van der Waals surface area contributed by atoms with Gasteiger partial charge in [0.05, 0.1) is 4.90 Å². The van der Waals surface area contributed by atoms with Crippen molar-refractivity contribution in [3.8, 4) is 11.3 Å². The number of hydrogen-bond donors (Lipinski definition) is 2. The van der Waals surface area contributed by atoms with Crippen molar-refractivity contribution in [3.63, 3.8) is 0 Å². The molecule has 7 nitrogen and oxygen atoms in total. The Morgan fingerprint density at radius 1 is 1.16 bits per heavy atom. The van der Waals surface area contributed by atoms with E-state index in [0.29, 0.717) is 5.56 Å². The fourth-order valence-corrected chi connectivity index (χ4v) is 5.37. The van der Waals surface area contributed by atoms with Gasteiger partial charge in [0.25, 0.3) is 6.43 Å². The van der Waals surface area contributed by atoms with Gasteiger partial charge in [-0.05, 0) is 23.6 Å². The van der Waals surface area contributed by atoms with E-state index in [1.54, 1.807) is 37.3 Å². The van der Waals surface area contributed by atoms with Gasteiger partial charge in [-0.25, -0.2) is 17.2 Å². The Bertz CT molecular complexity index is 1210. The van der Waals surface area contributed by atoms with Crippen molar-refractivity contribution in [1.82, 2.24) is 9.88 Å². The molecule has 0 bridgehead atoms. The average molecular weight is 448 g/mol. The molecule has 4 rings (SSSR count). The molecule has 3 atom stereocenters. The standard InChI is InChI=1S/C21H18F2N2O5S/c1-12-18(14-5-3-2-4-6-14)21(12,20(26)27)25-31(28,29)15-9-7-13(8-10-15)16-11-17(19(22)23)30-24-16/h2-12,18-19,25H,1H3,(H,26,27)/t12-,18-,21+/m1/s1. The van der Waals surface area contributed by atoms with Crippen LogP contribution in [0.15, 0.2) is 70.1 Å². The fraction of sp³-hybridized carbons (Fsp3) is 0.238. The van der Waals surface area contributed by atoms with Crippen molar-refractivity contribution in [2.24, 2.45) is 5.92 Å². The molecule has 3 aromatic rings. The molecule has 10 heteroatoms. The van der Waals surface area contributed by atoms with Crippen molar-refractivity contribution in [2.75, 3.05) is 0 Å². The maximum Gasteiger partial charge on any atom is 0.325 e. The summed E-state index contributed by atoms with van der Waals surface area (Å²) in [7, 11) is -4.18. The van der Waals surface area contributed by atoms with E-state index < -0.39 is 45.6 Å². The topological polar surface area (TPSA) is 110 Å². The molecule has 31 heavy (non-hydrogen) atoms. The number of aliphatic carboxylic acids is 1. The minimum atomic E-state index is -4.18.